The highest BCUT2D eigenvalue weighted by Gasteiger charge is 2.34. The number of carbonyl (C=O) groups is 2. The molecule has 0 bridgehead atoms. The zero-order chi connectivity index (χ0) is 17.9. The second-order valence-electron chi connectivity index (χ2n) is 5.79. The van der Waals surface area contributed by atoms with Gasteiger partial charge in [-0.05, 0) is 19.9 Å². The molecular weight excluding hydrogens is 312 g/mol. The number of aliphatic hydroxyl groups is 1. The van der Waals surface area contributed by atoms with Gasteiger partial charge in [-0.2, -0.15) is 0 Å². The number of nitrogens with zero attached hydrogens (tertiary/aromatic N) is 2. The minimum absolute atomic E-state index is 0.00861. The van der Waals surface area contributed by atoms with Crippen LogP contribution in [0.2, 0.25) is 0 Å². The lowest BCUT2D eigenvalue weighted by Gasteiger charge is -2.22. The van der Waals surface area contributed by atoms with Crippen LogP contribution in [0.4, 0.5) is 0 Å². The quantitative estimate of drug-likeness (QED) is 0.800. The molecule has 0 saturated carbocycles. The Bertz CT molecular complexity index is 669. The third-order valence-electron chi connectivity index (χ3n) is 3.58. The summed E-state index contributed by atoms with van der Waals surface area (Å²) in [6.45, 7) is 4.01. The Morgan fingerprint density at radius 2 is 2.04 bits per heavy atom. The summed E-state index contributed by atoms with van der Waals surface area (Å²) in [7, 11) is 2.88. The van der Waals surface area contributed by atoms with Gasteiger partial charge < -0.3 is 14.7 Å². The molecule has 1 aliphatic rings. The van der Waals surface area contributed by atoms with Crippen LogP contribution in [0.5, 0.6) is 5.75 Å². The first-order chi connectivity index (χ1) is 11.3. The number of aliphatic hydroxyl groups excluding tert-OH is 1. The third kappa shape index (κ3) is 3.68. The number of rotatable bonds is 6. The van der Waals surface area contributed by atoms with Crippen molar-refractivity contribution < 1.29 is 24.3 Å². The van der Waals surface area contributed by atoms with Crippen molar-refractivity contribution in [3.8, 4) is 5.75 Å². The summed E-state index contributed by atoms with van der Waals surface area (Å²) in [5.74, 6) is -0.999. The van der Waals surface area contributed by atoms with Crippen molar-refractivity contribution in [2.24, 2.45) is 0 Å². The van der Waals surface area contributed by atoms with E-state index >= 15 is 0 Å². The van der Waals surface area contributed by atoms with Crippen molar-refractivity contribution >= 4 is 11.8 Å². The minimum atomic E-state index is -0.571. The molecule has 1 N–H and O–H groups in total. The monoisotopic (exact) mass is 334 g/mol. The fourth-order valence-corrected chi connectivity index (χ4v) is 2.39. The van der Waals surface area contributed by atoms with E-state index in [0.717, 1.165) is 10.6 Å². The van der Waals surface area contributed by atoms with Gasteiger partial charge in [0.15, 0.2) is 5.76 Å². The molecule has 130 valence electrons. The molecule has 2 amide bonds. The Balaban J connectivity index is 2.22. The highest BCUT2D eigenvalue weighted by atomic mass is 16.7. The lowest BCUT2D eigenvalue weighted by molar-refractivity contribution is -0.175. The van der Waals surface area contributed by atoms with Crippen LogP contribution < -0.4 is 4.74 Å². The molecule has 1 aromatic carbocycles. The number of carbonyl (C=O) groups excluding carboxylic acids is 2. The van der Waals surface area contributed by atoms with E-state index in [1.165, 1.54) is 19.1 Å². The van der Waals surface area contributed by atoms with Crippen LogP contribution in [0.15, 0.2) is 35.6 Å². The van der Waals surface area contributed by atoms with E-state index in [9.17, 15) is 14.7 Å². The molecule has 24 heavy (non-hydrogen) atoms. The van der Waals surface area contributed by atoms with Gasteiger partial charge in [-0.15, -0.1) is 0 Å². The lowest BCUT2D eigenvalue weighted by atomic mass is 10.1. The standard InChI is InChI=1S/C17H22N2O5/c1-11(2)24-14-8-6-5-7-12(14)9-19(23-4)16(21)13-10-18(3)17(22)15(13)20/h5-8,11,20H,9-10H2,1-4H3. The summed E-state index contributed by atoms with van der Waals surface area (Å²) >= 11 is 0. The number of hydrogen-bond acceptors (Lipinski definition) is 5. The first-order valence-corrected chi connectivity index (χ1v) is 7.63. The first-order valence-electron chi connectivity index (χ1n) is 7.63. The molecule has 0 saturated heterocycles. The largest absolute Gasteiger partial charge is 0.503 e. The van der Waals surface area contributed by atoms with Crippen molar-refractivity contribution in [1.82, 2.24) is 9.96 Å². The van der Waals surface area contributed by atoms with Crippen LogP contribution in [-0.4, -0.2) is 53.7 Å². The van der Waals surface area contributed by atoms with Gasteiger partial charge in [-0.1, -0.05) is 18.2 Å². The Morgan fingerprint density at radius 1 is 1.38 bits per heavy atom. The molecule has 0 atom stereocenters. The molecule has 1 aromatic rings. The summed E-state index contributed by atoms with van der Waals surface area (Å²) in [5, 5.41) is 10.9. The average Bonchev–Trinajstić information content (AvgIpc) is 2.80. The minimum Gasteiger partial charge on any atom is -0.503 e. The summed E-state index contributed by atoms with van der Waals surface area (Å²) in [6.07, 6.45) is -0.00861. The fourth-order valence-electron chi connectivity index (χ4n) is 2.39. The van der Waals surface area contributed by atoms with E-state index in [2.05, 4.69) is 0 Å². The topological polar surface area (TPSA) is 79.3 Å². The third-order valence-corrected chi connectivity index (χ3v) is 3.58. The van der Waals surface area contributed by atoms with Gasteiger partial charge in [0.05, 0.1) is 31.9 Å². The van der Waals surface area contributed by atoms with Crippen molar-refractivity contribution in [2.45, 2.75) is 26.5 Å². The number of ether oxygens (including phenoxy) is 1. The smallest absolute Gasteiger partial charge is 0.289 e. The Morgan fingerprint density at radius 3 is 2.58 bits per heavy atom. The van der Waals surface area contributed by atoms with Crippen LogP contribution >= 0.6 is 0 Å². The molecule has 7 heteroatoms. The van der Waals surface area contributed by atoms with Gasteiger partial charge in [0.2, 0.25) is 0 Å². The zero-order valence-electron chi connectivity index (χ0n) is 14.3. The zero-order valence-corrected chi connectivity index (χ0v) is 14.3. The molecule has 1 heterocycles. The molecule has 2 rings (SSSR count). The maximum Gasteiger partial charge on any atom is 0.289 e. The molecule has 0 aromatic heterocycles. The van der Waals surface area contributed by atoms with Crippen LogP contribution in [0, 0.1) is 0 Å². The highest BCUT2D eigenvalue weighted by Crippen LogP contribution is 2.23. The molecule has 7 nitrogen and oxygen atoms in total. The van der Waals surface area contributed by atoms with Gasteiger partial charge >= 0.3 is 0 Å². The molecular formula is C17H22N2O5. The van der Waals surface area contributed by atoms with Crippen LogP contribution in [0.25, 0.3) is 0 Å². The first kappa shape index (κ1) is 17.8. The van der Waals surface area contributed by atoms with Crippen LogP contribution in [-0.2, 0) is 21.0 Å². The number of benzene rings is 1. The molecule has 0 fully saturated rings. The van der Waals surface area contributed by atoms with E-state index in [1.807, 2.05) is 38.1 Å². The highest BCUT2D eigenvalue weighted by molar-refractivity contribution is 6.06. The van der Waals surface area contributed by atoms with Gasteiger partial charge in [0.1, 0.15) is 5.75 Å². The Labute approximate surface area is 141 Å². The van der Waals surface area contributed by atoms with Gasteiger partial charge in [-0.25, -0.2) is 5.06 Å². The van der Waals surface area contributed by atoms with E-state index in [4.69, 9.17) is 9.57 Å². The van der Waals surface area contributed by atoms with E-state index in [1.54, 1.807) is 0 Å². The summed E-state index contributed by atoms with van der Waals surface area (Å²) < 4.78 is 5.73. The lowest BCUT2D eigenvalue weighted by Crippen LogP contribution is -2.32. The van der Waals surface area contributed by atoms with Crippen molar-refractivity contribution in [1.29, 1.82) is 0 Å². The molecule has 1 aliphatic heterocycles. The maximum atomic E-state index is 12.6. The Hall–Kier alpha value is -2.54. The average molecular weight is 334 g/mol. The summed E-state index contributed by atoms with van der Waals surface area (Å²) in [4.78, 5) is 30.7. The van der Waals surface area contributed by atoms with Crippen LogP contribution in [0.3, 0.4) is 0 Å². The van der Waals surface area contributed by atoms with Crippen molar-refractivity contribution in [2.75, 3.05) is 20.7 Å². The maximum absolute atomic E-state index is 12.6. The predicted molar refractivity (Wildman–Crippen MR) is 87.1 cm³/mol. The van der Waals surface area contributed by atoms with Gasteiger partial charge in [0.25, 0.3) is 11.8 Å². The number of hydroxylamine groups is 2. The van der Waals surface area contributed by atoms with E-state index < -0.39 is 17.6 Å². The molecule has 0 radical (unpaired) electrons. The van der Waals surface area contributed by atoms with E-state index in [0.29, 0.717) is 5.75 Å². The molecule has 0 aliphatic carbocycles. The summed E-state index contributed by atoms with van der Waals surface area (Å²) in [5.41, 5.74) is 0.783. The Kier molecular flexibility index (Phi) is 5.46. The number of amides is 2. The van der Waals surface area contributed by atoms with E-state index in [-0.39, 0.29) is 24.8 Å². The predicted octanol–water partition coefficient (Wildman–Crippen LogP) is 1.65. The second kappa shape index (κ2) is 7.35. The SMILES string of the molecule is CON(Cc1ccccc1OC(C)C)C(=O)C1=C(O)C(=O)N(C)C1. The number of para-hydroxylation sites is 1. The summed E-state index contributed by atoms with van der Waals surface area (Å²) in [6, 6.07) is 7.33. The number of likely N-dealkylation sites (N-methyl/N-ethyl adjacent to an activating group) is 1. The molecule has 0 unspecified atom stereocenters. The number of hydrogen-bond donors (Lipinski definition) is 1. The second-order valence-corrected chi connectivity index (χ2v) is 5.79. The van der Waals surface area contributed by atoms with Crippen molar-refractivity contribution in [3.63, 3.8) is 0 Å². The molecule has 0 spiro atoms. The van der Waals surface area contributed by atoms with Gasteiger partial charge in [-0.3, -0.25) is 14.4 Å². The van der Waals surface area contributed by atoms with Gasteiger partial charge in [0, 0.05) is 12.6 Å². The fraction of sp³-hybridized carbons (Fsp3) is 0.412. The normalized spacial score (nSPS) is 14.5. The van der Waals surface area contributed by atoms with Crippen molar-refractivity contribution in [3.05, 3.63) is 41.2 Å². The van der Waals surface area contributed by atoms with Crippen LogP contribution in [0.1, 0.15) is 19.4 Å².